The largest absolute Gasteiger partial charge is 0.444 e. The summed E-state index contributed by atoms with van der Waals surface area (Å²) in [6, 6.07) is 13.1. The monoisotopic (exact) mass is 453 g/mol. The fourth-order valence-corrected chi connectivity index (χ4v) is 4.20. The van der Waals surface area contributed by atoms with Gasteiger partial charge in [0, 0.05) is 18.4 Å². The first kappa shape index (κ1) is 24.6. The van der Waals surface area contributed by atoms with Gasteiger partial charge in [-0.25, -0.2) is 4.79 Å². The van der Waals surface area contributed by atoms with Gasteiger partial charge in [-0.15, -0.1) is 0 Å². The molecule has 2 aromatic rings. The van der Waals surface area contributed by atoms with Gasteiger partial charge in [0.05, 0.1) is 12.6 Å². The van der Waals surface area contributed by atoms with Crippen LogP contribution in [0.3, 0.4) is 0 Å². The van der Waals surface area contributed by atoms with E-state index in [0.29, 0.717) is 12.1 Å². The predicted molar refractivity (Wildman–Crippen MR) is 131 cm³/mol. The summed E-state index contributed by atoms with van der Waals surface area (Å²) in [5, 5.41) is 15.5. The Morgan fingerprint density at radius 2 is 1.82 bits per heavy atom. The molecule has 0 spiro atoms. The molecule has 0 radical (unpaired) electrons. The minimum Gasteiger partial charge on any atom is -0.444 e. The number of nitrogens with zero attached hydrogens (tertiary/aromatic N) is 1. The van der Waals surface area contributed by atoms with Crippen LogP contribution in [0.15, 0.2) is 42.5 Å². The number of aliphatic hydroxyl groups is 1. The minimum absolute atomic E-state index is 0.0693. The highest BCUT2D eigenvalue weighted by Crippen LogP contribution is 2.32. The minimum atomic E-state index is -0.559. The Balaban J connectivity index is 1.89. The molecule has 2 atom stereocenters. The third-order valence-corrected chi connectivity index (χ3v) is 5.68. The summed E-state index contributed by atoms with van der Waals surface area (Å²) in [7, 11) is 1.94. The van der Waals surface area contributed by atoms with Gasteiger partial charge in [0.25, 0.3) is 0 Å². The van der Waals surface area contributed by atoms with E-state index in [1.807, 2.05) is 76.9 Å². The first-order chi connectivity index (χ1) is 15.5. The van der Waals surface area contributed by atoms with E-state index in [1.165, 1.54) is 0 Å². The number of hydrogen-bond acceptors (Lipinski definition) is 5. The molecule has 0 aliphatic carbocycles. The first-order valence-corrected chi connectivity index (χ1v) is 11.4. The summed E-state index contributed by atoms with van der Waals surface area (Å²) < 4.78 is 5.30. The average Bonchev–Trinajstić information content (AvgIpc) is 2.71. The Morgan fingerprint density at radius 3 is 2.39 bits per heavy atom. The van der Waals surface area contributed by atoms with E-state index in [0.717, 1.165) is 22.4 Å². The van der Waals surface area contributed by atoms with Gasteiger partial charge in [-0.2, -0.15) is 0 Å². The van der Waals surface area contributed by atoms with E-state index in [9.17, 15) is 14.7 Å². The predicted octanol–water partition coefficient (Wildman–Crippen LogP) is 4.19. The van der Waals surface area contributed by atoms with Crippen LogP contribution < -0.4 is 15.5 Å². The molecule has 178 valence electrons. The lowest BCUT2D eigenvalue weighted by atomic mass is 9.93. The van der Waals surface area contributed by atoms with Crippen LogP contribution in [0.5, 0.6) is 0 Å². The molecule has 7 heteroatoms. The summed E-state index contributed by atoms with van der Waals surface area (Å²) in [4.78, 5) is 26.9. The Labute approximate surface area is 196 Å². The molecular formula is C26H35N3O4. The van der Waals surface area contributed by atoms with Crippen molar-refractivity contribution >= 4 is 23.4 Å². The highest BCUT2D eigenvalue weighted by Gasteiger charge is 2.32. The molecule has 1 aliphatic rings. The van der Waals surface area contributed by atoms with Crippen molar-refractivity contribution in [3.05, 3.63) is 48.0 Å². The molecule has 0 unspecified atom stereocenters. The second kappa shape index (κ2) is 9.83. The van der Waals surface area contributed by atoms with Crippen molar-refractivity contribution in [2.75, 3.05) is 23.9 Å². The van der Waals surface area contributed by atoms with Crippen molar-refractivity contribution in [1.82, 2.24) is 5.32 Å². The van der Waals surface area contributed by atoms with Crippen LogP contribution in [0.1, 0.15) is 40.2 Å². The summed E-state index contributed by atoms with van der Waals surface area (Å²) in [5.74, 6) is 0.0299. The number of anilines is 2. The molecule has 3 rings (SSSR count). The van der Waals surface area contributed by atoms with Gasteiger partial charge in [-0.05, 0) is 68.0 Å². The molecule has 33 heavy (non-hydrogen) atoms. The van der Waals surface area contributed by atoms with E-state index in [2.05, 4.69) is 22.8 Å². The van der Waals surface area contributed by atoms with Crippen LogP contribution in [0.2, 0.25) is 0 Å². The van der Waals surface area contributed by atoms with Gasteiger partial charge in [0.2, 0.25) is 5.91 Å². The fraction of sp³-hybridized carbons (Fsp3) is 0.462. The van der Waals surface area contributed by atoms with Crippen molar-refractivity contribution < 1.29 is 19.4 Å². The number of fused-ring (bicyclic) bond motifs is 1. The van der Waals surface area contributed by atoms with Crippen LogP contribution in [-0.2, 0) is 16.0 Å². The van der Waals surface area contributed by atoms with Crippen LogP contribution in [0.4, 0.5) is 16.2 Å². The molecule has 2 aromatic carbocycles. The number of nitrogens with one attached hydrogen (secondary N) is 2. The Kier molecular flexibility index (Phi) is 7.32. The number of carbonyl (C=O) groups excluding carboxylic acids is 2. The first-order valence-electron chi connectivity index (χ1n) is 11.4. The summed E-state index contributed by atoms with van der Waals surface area (Å²) in [6.45, 7) is 9.41. The molecule has 3 N–H and O–H groups in total. The summed E-state index contributed by atoms with van der Waals surface area (Å²) in [5.41, 5.74) is 4.15. The average molecular weight is 454 g/mol. The number of likely N-dealkylation sites (N-methyl/N-ethyl adjacent to an activating group) is 1. The standard InChI is InChI=1S/C26H35N3O4/c1-16(2)23-24(31)27-21(15-30)13-19-8-7-18(14-22(19)29(23)6)17-9-11-20(12-10-17)28-25(32)33-26(3,4)5/h7-12,14,16,21,23,30H,13,15H2,1-6H3,(H,27,31)(H,28,32)/t21-,23-/m0/s1. The number of carbonyl (C=O) groups is 2. The van der Waals surface area contributed by atoms with Crippen LogP contribution in [-0.4, -0.2) is 48.4 Å². The van der Waals surface area contributed by atoms with Crippen molar-refractivity contribution in [1.29, 1.82) is 0 Å². The molecular weight excluding hydrogens is 418 g/mol. The van der Waals surface area contributed by atoms with Gasteiger partial charge in [-0.1, -0.05) is 38.1 Å². The summed E-state index contributed by atoms with van der Waals surface area (Å²) in [6.07, 6.45) is 0.0700. The number of aliphatic hydroxyl groups excluding tert-OH is 1. The fourth-order valence-electron chi connectivity index (χ4n) is 4.20. The zero-order chi connectivity index (χ0) is 24.3. The molecule has 1 aliphatic heterocycles. The van der Waals surface area contributed by atoms with Gasteiger partial charge in [0.15, 0.2) is 0 Å². The van der Waals surface area contributed by atoms with Crippen molar-refractivity contribution in [3.63, 3.8) is 0 Å². The van der Waals surface area contributed by atoms with Crippen molar-refractivity contribution in [2.24, 2.45) is 5.92 Å². The maximum atomic E-state index is 12.9. The lowest BCUT2D eigenvalue weighted by molar-refractivity contribution is -0.124. The molecule has 2 amide bonds. The Hall–Kier alpha value is -3.06. The van der Waals surface area contributed by atoms with E-state index in [1.54, 1.807) is 0 Å². The number of hydrogen-bond donors (Lipinski definition) is 3. The molecule has 0 fully saturated rings. The Morgan fingerprint density at radius 1 is 1.18 bits per heavy atom. The molecule has 7 nitrogen and oxygen atoms in total. The van der Waals surface area contributed by atoms with Gasteiger partial charge in [0.1, 0.15) is 11.6 Å². The van der Waals surface area contributed by atoms with Crippen LogP contribution in [0, 0.1) is 5.92 Å². The lowest BCUT2D eigenvalue weighted by Crippen LogP contribution is -2.54. The van der Waals surface area contributed by atoms with Gasteiger partial charge in [-0.3, -0.25) is 10.1 Å². The van der Waals surface area contributed by atoms with E-state index in [4.69, 9.17) is 4.74 Å². The third-order valence-electron chi connectivity index (χ3n) is 5.68. The normalized spacial score (nSPS) is 18.8. The number of amides is 2. The highest BCUT2D eigenvalue weighted by molar-refractivity contribution is 5.88. The maximum Gasteiger partial charge on any atom is 0.412 e. The molecule has 0 bridgehead atoms. The highest BCUT2D eigenvalue weighted by atomic mass is 16.6. The number of benzene rings is 2. The number of rotatable bonds is 4. The van der Waals surface area contributed by atoms with Crippen LogP contribution >= 0.6 is 0 Å². The second-order valence-corrected chi connectivity index (χ2v) is 9.94. The molecule has 0 aromatic heterocycles. The van der Waals surface area contributed by atoms with Gasteiger partial charge < -0.3 is 20.1 Å². The zero-order valence-corrected chi connectivity index (χ0v) is 20.3. The molecule has 1 heterocycles. The maximum absolute atomic E-state index is 12.9. The smallest absolute Gasteiger partial charge is 0.412 e. The molecule has 0 saturated heterocycles. The SMILES string of the molecule is CC(C)[C@H]1C(=O)N[C@H](CO)Cc2ccc(-c3ccc(NC(=O)OC(C)(C)C)cc3)cc2N1C. The topological polar surface area (TPSA) is 90.9 Å². The van der Waals surface area contributed by atoms with Crippen molar-refractivity contribution in [3.8, 4) is 11.1 Å². The van der Waals surface area contributed by atoms with E-state index >= 15 is 0 Å². The van der Waals surface area contributed by atoms with E-state index < -0.39 is 11.7 Å². The quantitative estimate of drug-likeness (QED) is 0.646. The van der Waals surface area contributed by atoms with Gasteiger partial charge >= 0.3 is 6.09 Å². The zero-order valence-electron chi connectivity index (χ0n) is 20.3. The Bertz CT molecular complexity index is 996. The van der Waals surface area contributed by atoms with Crippen LogP contribution in [0.25, 0.3) is 11.1 Å². The third kappa shape index (κ3) is 6.05. The van der Waals surface area contributed by atoms with E-state index in [-0.39, 0.29) is 30.5 Å². The lowest BCUT2D eigenvalue weighted by Gasteiger charge is -2.37. The number of ether oxygens (including phenoxy) is 1. The molecule has 0 saturated carbocycles. The summed E-state index contributed by atoms with van der Waals surface area (Å²) >= 11 is 0. The second-order valence-electron chi connectivity index (χ2n) is 9.94. The van der Waals surface area contributed by atoms with Crippen molar-refractivity contribution in [2.45, 2.75) is 58.7 Å².